The molecule has 3 N–H and O–H groups in total. The Hall–Kier alpha value is -1.10. The van der Waals surface area contributed by atoms with Crippen LogP contribution in [0.3, 0.4) is 0 Å². The Morgan fingerprint density at radius 3 is 2.69 bits per heavy atom. The molecular formula is C11H16ClNO3. The highest BCUT2D eigenvalue weighted by molar-refractivity contribution is 5.91. The predicted octanol–water partition coefficient (Wildman–Crippen LogP) is 1.28. The van der Waals surface area contributed by atoms with Crippen LogP contribution in [0.15, 0.2) is 24.3 Å². The Labute approximate surface area is 101 Å². The molecule has 0 unspecified atom stereocenters. The first-order chi connectivity index (χ1) is 7.20. The van der Waals surface area contributed by atoms with Gasteiger partial charge in [0.1, 0.15) is 0 Å². The summed E-state index contributed by atoms with van der Waals surface area (Å²) >= 11 is 0. The summed E-state index contributed by atoms with van der Waals surface area (Å²) < 4.78 is 4.65. The standard InChI is InChI=1S/C11H15NO3.ClH/c1-15-11(14)9-5-3-2-4-8(9)10(12)6-7-13;/h2-5,10,13H,6-7,12H2,1H3;1H/t10-;/m1./s1. The molecule has 1 aromatic rings. The molecule has 0 radical (unpaired) electrons. The summed E-state index contributed by atoms with van der Waals surface area (Å²) in [5.74, 6) is -0.404. The monoisotopic (exact) mass is 245 g/mol. The molecule has 0 spiro atoms. The van der Waals surface area contributed by atoms with Crippen LogP contribution in [0.2, 0.25) is 0 Å². The largest absolute Gasteiger partial charge is 0.465 e. The molecule has 0 aromatic heterocycles. The summed E-state index contributed by atoms with van der Waals surface area (Å²) in [6, 6.07) is 6.65. The van der Waals surface area contributed by atoms with E-state index in [0.717, 1.165) is 0 Å². The summed E-state index contributed by atoms with van der Waals surface area (Å²) in [6.45, 7) is -0.00330. The molecule has 0 aliphatic carbocycles. The number of carbonyl (C=O) groups excluding carboxylic acids is 1. The van der Waals surface area contributed by atoms with E-state index in [1.54, 1.807) is 24.3 Å². The average Bonchev–Trinajstić information content (AvgIpc) is 2.28. The van der Waals surface area contributed by atoms with Crippen LogP contribution in [0, 0.1) is 0 Å². The van der Waals surface area contributed by atoms with Crippen LogP contribution in [0.4, 0.5) is 0 Å². The molecule has 0 heterocycles. The van der Waals surface area contributed by atoms with Gasteiger partial charge in [-0.1, -0.05) is 18.2 Å². The van der Waals surface area contributed by atoms with Crippen molar-refractivity contribution < 1.29 is 14.6 Å². The van der Waals surface area contributed by atoms with E-state index < -0.39 is 5.97 Å². The zero-order chi connectivity index (χ0) is 11.3. The fourth-order valence-electron chi connectivity index (χ4n) is 1.41. The first kappa shape index (κ1) is 14.9. The van der Waals surface area contributed by atoms with Gasteiger partial charge in [0.15, 0.2) is 0 Å². The highest BCUT2D eigenvalue weighted by Gasteiger charge is 2.15. The lowest BCUT2D eigenvalue weighted by Gasteiger charge is -2.13. The van der Waals surface area contributed by atoms with Crippen LogP contribution in [-0.4, -0.2) is 24.8 Å². The number of carbonyl (C=O) groups is 1. The van der Waals surface area contributed by atoms with Gasteiger partial charge in [0.05, 0.1) is 12.7 Å². The van der Waals surface area contributed by atoms with Crippen LogP contribution in [-0.2, 0) is 4.74 Å². The molecule has 1 aromatic carbocycles. The van der Waals surface area contributed by atoms with Crippen LogP contribution < -0.4 is 5.73 Å². The molecule has 0 fully saturated rings. The van der Waals surface area contributed by atoms with Gasteiger partial charge >= 0.3 is 5.97 Å². The Kier molecular flexibility index (Phi) is 6.72. The van der Waals surface area contributed by atoms with E-state index >= 15 is 0 Å². The fourth-order valence-corrected chi connectivity index (χ4v) is 1.41. The van der Waals surface area contributed by atoms with E-state index in [-0.39, 0.29) is 25.1 Å². The molecule has 0 aliphatic rings. The highest BCUT2D eigenvalue weighted by atomic mass is 35.5. The minimum Gasteiger partial charge on any atom is -0.465 e. The number of ether oxygens (including phenoxy) is 1. The average molecular weight is 246 g/mol. The first-order valence-electron chi connectivity index (χ1n) is 4.74. The maximum absolute atomic E-state index is 11.4. The van der Waals surface area contributed by atoms with E-state index in [4.69, 9.17) is 10.8 Å². The van der Waals surface area contributed by atoms with E-state index in [9.17, 15) is 4.79 Å². The SMILES string of the molecule is COC(=O)c1ccccc1[C@H](N)CCO.Cl. The molecule has 0 amide bonds. The normalized spacial score (nSPS) is 11.4. The Morgan fingerprint density at radius 1 is 1.50 bits per heavy atom. The van der Waals surface area contributed by atoms with Crippen molar-refractivity contribution in [2.24, 2.45) is 5.73 Å². The predicted molar refractivity (Wildman–Crippen MR) is 63.7 cm³/mol. The number of aliphatic hydroxyl groups excluding tert-OH is 1. The Morgan fingerprint density at radius 2 is 2.12 bits per heavy atom. The molecule has 1 rings (SSSR count). The number of halogens is 1. The Bertz CT molecular complexity index is 344. The molecule has 90 valence electrons. The summed E-state index contributed by atoms with van der Waals surface area (Å²) in [4.78, 5) is 11.4. The second-order valence-corrected chi connectivity index (χ2v) is 3.20. The third-order valence-corrected chi connectivity index (χ3v) is 2.21. The lowest BCUT2D eigenvalue weighted by Crippen LogP contribution is -2.16. The smallest absolute Gasteiger partial charge is 0.338 e. The van der Waals surface area contributed by atoms with Crippen molar-refractivity contribution in [2.45, 2.75) is 12.5 Å². The van der Waals surface area contributed by atoms with Crippen molar-refractivity contribution in [3.05, 3.63) is 35.4 Å². The van der Waals surface area contributed by atoms with Gasteiger partial charge in [0.25, 0.3) is 0 Å². The van der Waals surface area contributed by atoms with Crippen LogP contribution in [0.1, 0.15) is 28.4 Å². The van der Waals surface area contributed by atoms with Gasteiger partial charge in [-0.2, -0.15) is 0 Å². The van der Waals surface area contributed by atoms with Crippen molar-refractivity contribution in [2.75, 3.05) is 13.7 Å². The lowest BCUT2D eigenvalue weighted by atomic mass is 9.99. The molecular weight excluding hydrogens is 230 g/mol. The minimum atomic E-state index is -0.404. The van der Waals surface area contributed by atoms with Crippen LogP contribution in [0.25, 0.3) is 0 Å². The van der Waals surface area contributed by atoms with Gasteiger partial charge in [-0.3, -0.25) is 0 Å². The van der Waals surface area contributed by atoms with E-state index in [2.05, 4.69) is 4.74 Å². The van der Waals surface area contributed by atoms with Gasteiger partial charge < -0.3 is 15.6 Å². The maximum Gasteiger partial charge on any atom is 0.338 e. The second kappa shape index (κ2) is 7.22. The number of nitrogens with two attached hydrogens (primary N) is 1. The van der Waals surface area contributed by atoms with Crippen molar-refractivity contribution >= 4 is 18.4 Å². The van der Waals surface area contributed by atoms with E-state index in [0.29, 0.717) is 17.5 Å². The van der Waals surface area contributed by atoms with Crippen LogP contribution in [0.5, 0.6) is 0 Å². The Balaban J connectivity index is 0.00000225. The minimum absolute atomic E-state index is 0. The number of esters is 1. The first-order valence-corrected chi connectivity index (χ1v) is 4.74. The van der Waals surface area contributed by atoms with Crippen molar-refractivity contribution in [1.29, 1.82) is 0 Å². The van der Waals surface area contributed by atoms with Gasteiger partial charge in [0, 0.05) is 12.6 Å². The number of hydrogen-bond donors (Lipinski definition) is 2. The van der Waals surface area contributed by atoms with Gasteiger partial charge in [-0.25, -0.2) is 4.79 Å². The third-order valence-electron chi connectivity index (χ3n) is 2.21. The maximum atomic E-state index is 11.4. The van der Waals surface area contributed by atoms with E-state index in [1.165, 1.54) is 7.11 Å². The highest BCUT2D eigenvalue weighted by Crippen LogP contribution is 2.19. The summed E-state index contributed by atoms with van der Waals surface area (Å²) in [6.07, 6.45) is 0.425. The van der Waals surface area contributed by atoms with Gasteiger partial charge in [-0.15, -0.1) is 12.4 Å². The van der Waals surface area contributed by atoms with Crippen molar-refractivity contribution in [3.8, 4) is 0 Å². The number of aliphatic hydroxyl groups is 1. The number of methoxy groups -OCH3 is 1. The molecule has 5 heteroatoms. The number of hydrogen-bond acceptors (Lipinski definition) is 4. The molecule has 0 saturated carbocycles. The zero-order valence-electron chi connectivity index (χ0n) is 9.05. The van der Waals surface area contributed by atoms with Crippen LogP contribution >= 0.6 is 12.4 Å². The van der Waals surface area contributed by atoms with Gasteiger partial charge in [-0.05, 0) is 18.1 Å². The molecule has 0 saturated heterocycles. The second-order valence-electron chi connectivity index (χ2n) is 3.20. The van der Waals surface area contributed by atoms with Gasteiger partial charge in [0.2, 0.25) is 0 Å². The van der Waals surface area contributed by atoms with Crippen molar-refractivity contribution in [3.63, 3.8) is 0 Å². The topological polar surface area (TPSA) is 72.5 Å². The third kappa shape index (κ3) is 3.48. The van der Waals surface area contributed by atoms with E-state index in [1.807, 2.05) is 0 Å². The number of benzene rings is 1. The van der Waals surface area contributed by atoms with Crippen molar-refractivity contribution in [1.82, 2.24) is 0 Å². The summed E-state index contributed by atoms with van der Waals surface area (Å²) in [5, 5.41) is 8.79. The summed E-state index contributed by atoms with van der Waals surface area (Å²) in [5.41, 5.74) is 7.00. The molecule has 16 heavy (non-hydrogen) atoms. The quantitative estimate of drug-likeness (QED) is 0.784. The lowest BCUT2D eigenvalue weighted by molar-refractivity contribution is 0.0598. The zero-order valence-corrected chi connectivity index (χ0v) is 9.87. The fraction of sp³-hybridized carbons (Fsp3) is 0.364. The number of rotatable bonds is 4. The molecule has 4 nitrogen and oxygen atoms in total. The molecule has 0 aliphatic heterocycles. The summed E-state index contributed by atoms with van der Waals surface area (Å²) in [7, 11) is 1.33. The molecule has 0 bridgehead atoms. The molecule has 1 atom stereocenters.